The number of aromatic nitrogens is 2. The van der Waals surface area contributed by atoms with Gasteiger partial charge in [0.05, 0.1) is 10.3 Å². The van der Waals surface area contributed by atoms with Gasteiger partial charge in [-0.25, -0.2) is 17.8 Å². The van der Waals surface area contributed by atoms with Gasteiger partial charge in [0.2, 0.25) is 10.0 Å². The van der Waals surface area contributed by atoms with Gasteiger partial charge in [-0.2, -0.15) is 5.10 Å². The van der Waals surface area contributed by atoms with E-state index in [1.165, 1.54) is 28.9 Å². The maximum atomic E-state index is 12.8. The van der Waals surface area contributed by atoms with E-state index in [1.54, 1.807) is 38.1 Å². The minimum absolute atomic E-state index is 0.0172. The summed E-state index contributed by atoms with van der Waals surface area (Å²) in [5.74, 6) is -1.43. The third-order valence-corrected chi connectivity index (χ3v) is 6.26. The van der Waals surface area contributed by atoms with E-state index in [2.05, 4.69) is 20.7 Å². The Morgan fingerprint density at radius 2 is 1.67 bits per heavy atom. The zero-order valence-electron chi connectivity index (χ0n) is 18.5. The van der Waals surface area contributed by atoms with E-state index < -0.39 is 21.8 Å². The summed E-state index contributed by atoms with van der Waals surface area (Å²) in [4.78, 5) is 37.8. The number of hydrazine groups is 1. The molecule has 3 N–H and O–H groups in total. The van der Waals surface area contributed by atoms with E-state index in [4.69, 9.17) is 0 Å². The van der Waals surface area contributed by atoms with Gasteiger partial charge in [-0.1, -0.05) is 31.2 Å². The number of carbonyl (C=O) groups is 2. The van der Waals surface area contributed by atoms with Crippen LogP contribution < -0.4 is 21.1 Å². The van der Waals surface area contributed by atoms with Crippen molar-refractivity contribution in [3.8, 4) is 0 Å². The Kier molecular flexibility index (Phi) is 7.24. The number of hydrogen-bond acceptors (Lipinski definition) is 6. The summed E-state index contributed by atoms with van der Waals surface area (Å²) < 4.78 is 28.4. The molecule has 10 nitrogen and oxygen atoms in total. The van der Waals surface area contributed by atoms with Gasteiger partial charge >= 0.3 is 0 Å². The first-order chi connectivity index (χ1) is 15.6. The number of fused-ring (bicyclic) bond motifs is 1. The predicted octanol–water partition coefficient (Wildman–Crippen LogP) is 1.57. The minimum atomic E-state index is -3.79. The third-order valence-electron chi connectivity index (χ3n) is 4.61. The first-order valence-electron chi connectivity index (χ1n) is 10.4. The Hall–Kier alpha value is -3.57. The molecule has 11 heteroatoms. The molecule has 1 aromatic heterocycles. The average molecular weight is 472 g/mol. The molecule has 33 heavy (non-hydrogen) atoms. The molecule has 0 saturated carbocycles. The standard InChI is InChI=1S/C22H25N5O5S/c1-4-12-27-22(30)18-11-6-5-10-17(18)19(25-27)21(29)24-23-20(28)15-8-7-9-16(13-15)33(31,32)26-14(2)3/h5-11,13-14,26H,4,12H2,1-3H3,(H,23,28)(H,24,29). The van der Waals surface area contributed by atoms with E-state index in [0.717, 1.165) is 0 Å². The van der Waals surface area contributed by atoms with Gasteiger partial charge in [-0.15, -0.1) is 0 Å². The Morgan fingerprint density at radius 3 is 2.33 bits per heavy atom. The highest BCUT2D eigenvalue weighted by molar-refractivity contribution is 7.89. The monoisotopic (exact) mass is 471 g/mol. The van der Waals surface area contributed by atoms with Crippen LogP contribution in [0.25, 0.3) is 10.8 Å². The average Bonchev–Trinajstić information content (AvgIpc) is 2.78. The molecule has 0 spiro atoms. The summed E-state index contributed by atoms with van der Waals surface area (Å²) >= 11 is 0. The van der Waals surface area contributed by atoms with Crippen LogP contribution in [0.1, 0.15) is 48.0 Å². The number of hydrogen-bond donors (Lipinski definition) is 3. The summed E-state index contributed by atoms with van der Waals surface area (Å²) in [6.45, 7) is 5.59. The summed E-state index contributed by atoms with van der Waals surface area (Å²) in [5, 5.41) is 4.86. The van der Waals surface area contributed by atoms with Gasteiger partial charge in [0, 0.05) is 23.5 Å². The molecule has 2 aromatic carbocycles. The normalized spacial score (nSPS) is 11.5. The SMILES string of the molecule is CCCn1nc(C(=O)NNC(=O)c2cccc(S(=O)(=O)NC(C)C)c2)c2ccccc2c1=O. The van der Waals surface area contributed by atoms with Crippen LogP contribution in [-0.4, -0.2) is 36.1 Å². The number of amides is 2. The lowest BCUT2D eigenvalue weighted by molar-refractivity contribution is 0.0843. The van der Waals surface area contributed by atoms with Crippen molar-refractivity contribution in [2.75, 3.05) is 0 Å². The van der Waals surface area contributed by atoms with Gasteiger partial charge in [0.15, 0.2) is 5.69 Å². The fraction of sp³-hybridized carbons (Fsp3) is 0.273. The molecule has 174 valence electrons. The fourth-order valence-electron chi connectivity index (χ4n) is 3.19. The second-order valence-electron chi connectivity index (χ2n) is 7.63. The second kappa shape index (κ2) is 9.92. The van der Waals surface area contributed by atoms with Crippen molar-refractivity contribution in [1.82, 2.24) is 25.4 Å². The fourth-order valence-corrected chi connectivity index (χ4v) is 4.49. The van der Waals surface area contributed by atoms with Gasteiger partial charge < -0.3 is 0 Å². The molecule has 0 aliphatic rings. The highest BCUT2D eigenvalue weighted by Crippen LogP contribution is 2.14. The molecule has 0 radical (unpaired) electrons. The van der Waals surface area contributed by atoms with Gasteiger partial charge in [0.1, 0.15) is 0 Å². The summed E-state index contributed by atoms with van der Waals surface area (Å²) in [7, 11) is -3.79. The molecule has 0 saturated heterocycles. The van der Waals surface area contributed by atoms with E-state index >= 15 is 0 Å². The summed E-state index contributed by atoms with van der Waals surface area (Å²) in [6.07, 6.45) is 0.647. The van der Waals surface area contributed by atoms with Crippen LogP contribution in [0.3, 0.4) is 0 Å². The molecule has 0 aliphatic carbocycles. The largest absolute Gasteiger partial charge is 0.290 e. The highest BCUT2D eigenvalue weighted by Gasteiger charge is 2.19. The molecule has 3 aromatic rings. The van der Waals surface area contributed by atoms with E-state index in [9.17, 15) is 22.8 Å². The van der Waals surface area contributed by atoms with Crippen LogP contribution in [0.15, 0.2) is 58.2 Å². The number of benzene rings is 2. The molecule has 0 aliphatic heterocycles. The van der Waals surface area contributed by atoms with E-state index in [1.807, 2.05) is 6.92 Å². The Balaban J connectivity index is 1.83. The highest BCUT2D eigenvalue weighted by atomic mass is 32.2. The molecule has 2 amide bonds. The van der Waals surface area contributed by atoms with Crippen molar-refractivity contribution in [2.24, 2.45) is 0 Å². The molecule has 0 fully saturated rings. The number of aryl methyl sites for hydroxylation is 1. The van der Waals surface area contributed by atoms with Gasteiger partial charge in [-0.3, -0.25) is 25.2 Å². The maximum Gasteiger partial charge on any atom is 0.290 e. The van der Waals surface area contributed by atoms with E-state index in [-0.39, 0.29) is 27.8 Å². The molecule has 0 bridgehead atoms. The van der Waals surface area contributed by atoms with Crippen molar-refractivity contribution < 1.29 is 18.0 Å². The van der Waals surface area contributed by atoms with Crippen molar-refractivity contribution in [3.63, 3.8) is 0 Å². The topological polar surface area (TPSA) is 139 Å². The van der Waals surface area contributed by atoms with Crippen molar-refractivity contribution in [3.05, 3.63) is 70.1 Å². The molecule has 0 unspecified atom stereocenters. The Bertz CT molecular complexity index is 1370. The van der Waals surface area contributed by atoms with Crippen LogP contribution in [-0.2, 0) is 16.6 Å². The second-order valence-corrected chi connectivity index (χ2v) is 9.35. The zero-order valence-corrected chi connectivity index (χ0v) is 19.3. The molecule has 0 atom stereocenters. The third kappa shape index (κ3) is 5.44. The minimum Gasteiger partial charge on any atom is -0.267 e. The predicted molar refractivity (Wildman–Crippen MR) is 123 cm³/mol. The Labute approximate surface area is 191 Å². The quantitative estimate of drug-likeness (QED) is 0.447. The van der Waals surface area contributed by atoms with Crippen molar-refractivity contribution in [1.29, 1.82) is 0 Å². The zero-order chi connectivity index (χ0) is 24.2. The van der Waals surface area contributed by atoms with E-state index in [0.29, 0.717) is 23.7 Å². The maximum absolute atomic E-state index is 12.8. The molecule has 3 rings (SSSR count). The van der Waals surface area contributed by atoms with Crippen LogP contribution in [0.2, 0.25) is 0 Å². The van der Waals surface area contributed by atoms with Crippen LogP contribution >= 0.6 is 0 Å². The number of nitrogens with zero attached hydrogens (tertiary/aromatic N) is 2. The van der Waals surface area contributed by atoms with Crippen molar-refractivity contribution >= 4 is 32.6 Å². The van der Waals surface area contributed by atoms with Crippen LogP contribution in [0, 0.1) is 0 Å². The first-order valence-corrected chi connectivity index (χ1v) is 11.8. The van der Waals surface area contributed by atoms with Crippen LogP contribution in [0.5, 0.6) is 0 Å². The summed E-state index contributed by atoms with van der Waals surface area (Å²) in [5.41, 5.74) is 4.27. The lowest BCUT2D eigenvalue weighted by Crippen LogP contribution is -2.43. The number of nitrogens with one attached hydrogen (secondary N) is 3. The molecular formula is C22H25N5O5S. The molecule has 1 heterocycles. The number of carbonyl (C=O) groups excluding carboxylic acids is 2. The van der Waals surface area contributed by atoms with Crippen LogP contribution in [0.4, 0.5) is 0 Å². The molecular weight excluding hydrogens is 446 g/mol. The number of rotatable bonds is 7. The first kappa shape index (κ1) is 24.1. The van der Waals surface area contributed by atoms with Crippen molar-refractivity contribution in [2.45, 2.75) is 44.7 Å². The van der Waals surface area contributed by atoms with Gasteiger partial charge in [-0.05, 0) is 44.5 Å². The Morgan fingerprint density at radius 1 is 1.00 bits per heavy atom. The number of sulfonamides is 1. The lowest BCUT2D eigenvalue weighted by atomic mass is 10.1. The smallest absolute Gasteiger partial charge is 0.267 e. The lowest BCUT2D eigenvalue weighted by Gasteiger charge is -2.12. The van der Waals surface area contributed by atoms with Gasteiger partial charge in [0.25, 0.3) is 17.4 Å². The summed E-state index contributed by atoms with van der Waals surface area (Å²) in [6, 6.07) is 11.7.